The monoisotopic (exact) mass is 443 g/mol. The zero-order valence-corrected chi connectivity index (χ0v) is 18.2. The Morgan fingerprint density at radius 1 is 1.30 bits per heavy atom. The fraction of sp³-hybridized carbons (Fsp3) is 0.381. The molecule has 1 amide bonds. The highest BCUT2D eigenvalue weighted by molar-refractivity contribution is 7.99. The summed E-state index contributed by atoms with van der Waals surface area (Å²) in [6.07, 6.45) is 2.78. The third kappa shape index (κ3) is 3.35. The average molecular weight is 444 g/mol. The van der Waals surface area contributed by atoms with Crippen molar-refractivity contribution < 1.29 is 14.3 Å². The first kappa shape index (κ1) is 19.4. The van der Waals surface area contributed by atoms with Crippen molar-refractivity contribution in [1.29, 1.82) is 0 Å². The Morgan fingerprint density at radius 3 is 3.00 bits per heavy atom. The molecule has 0 bridgehead atoms. The van der Waals surface area contributed by atoms with E-state index in [1.807, 2.05) is 24.3 Å². The number of hydrogen-bond acceptors (Lipinski definition) is 7. The number of ether oxygens (including phenoxy) is 2. The maximum Gasteiger partial charge on any atom is 0.409 e. The lowest BCUT2D eigenvalue weighted by Gasteiger charge is -2.15. The Balaban J connectivity index is 1.57. The predicted octanol–water partition coefficient (Wildman–Crippen LogP) is 3.49. The van der Waals surface area contributed by atoms with Crippen LogP contribution < -0.4 is 10.3 Å². The van der Waals surface area contributed by atoms with Crippen LogP contribution in [0.25, 0.3) is 15.9 Å². The Kier molecular flexibility index (Phi) is 5.16. The number of carbonyl (C=O) groups excluding carboxylic acids is 1. The molecule has 3 heterocycles. The molecule has 0 atom stereocenters. The SMILES string of the molecule is COc1cccc(-n2c(SCCN3CCOC3=O)nc3sc4c(c3c2=O)CCC4)c1. The van der Waals surface area contributed by atoms with Gasteiger partial charge in [-0.25, -0.2) is 9.78 Å². The average Bonchev–Trinajstić information content (AvgIpc) is 3.44. The van der Waals surface area contributed by atoms with Gasteiger partial charge in [0.1, 0.15) is 17.2 Å². The quantitative estimate of drug-likeness (QED) is 0.429. The van der Waals surface area contributed by atoms with Crippen molar-refractivity contribution in [1.82, 2.24) is 14.5 Å². The Hall–Kier alpha value is -2.52. The zero-order valence-electron chi connectivity index (χ0n) is 16.6. The molecule has 0 radical (unpaired) electrons. The van der Waals surface area contributed by atoms with Gasteiger partial charge < -0.3 is 14.4 Å². The second-order valence-electron chi connectivity index (χ2n) is 7.22. The van der Waals surface area contributed by atoms with E-state index in [9.17, 15) is 9.59 Å². The molecule has 1 aromatic carbocycles. The van der Waals surface area contributed by atoms with E-state index in [0.717, 1.165) is 35.2 Å². The van der Waals surface area contributed by atoms with Crippen molar-refractivity contribution in [2.24, 2.45) is 0 Å². The fourth-order valence-corrected chi connectivity index (χ4v) is 6.25. The lowest BCUT2D eigenvalue weighted by Crippen LogP contribution is -2.27. The van der Waals surface area contributed by atoms with E-state index < -0.39 is 0 Å². The van der Waals surface area contributed by atoms with E-state index in [0.29, 0.717) is 36.4 Å². The van der Waals surface area contributed by atoms with Crippen LogP contribution in [0.5, 0.6) is 5.75 Å². The number of cyclic esters (lactones) is 1. The molecule has 156 valence electrons. The fourth-order valence-electron chi connectivity index (χ4n) is 3.97. The number of thioether (sulfide) groups is 1. The molecular formula is C21H21N3O4S2. The van der Waals surface area contributed by atoms with Crippen LogP contribution in [0.4, 0.5) is 4.79 Å². The number of methoxy groups -OCH3 is 1. The van der Waals surface area contributed by atoms with Gasteiger partial charge in [-0.2, -0.15) is 0 Å². The number of nitrogens with zero attached hydrogens (tertiary/aromatic N) is 3. The zero-order chi connectivity index (χ0) is 20.7. The van der Waals surface area contributed by atoms with Gasteiger partial charge in [-0.3, -0.25) is 9.36 Å². The molecule has 9 heteroatoms. The van der Waals surface area contributed by atoms with Crippen LogP contribution in [0.2, 0.25) is 0 Å². The molecule has 0 spiro atoms. The molecule has 3 aromatic rings. The van der Waals surface area contributed by atoms with Crippen LogP contribution in [0.1, 0.15) is 16.9 Å². The molecule has 1 fully saturated rings. The van der Waals surface area contributed by atoms with Crippen molar-refractivity contribution in [2.45, 2.75) is 24.4 Å². The van der Waals surface area contributed by atoms with Crippen LogP contribution >= 0.6 is 23.1 Å². The molecule has 1 saturated heterocycles. The molecule has 0 unspecified atom stereocenters. The topological polar surface area (TPSA) is 73.7 Å². The summed E-state index contributed by atoms with van der Waals surface area (Å²) in [6.45, 7) is 1.59. The maximum absolute atomic E-state index is 13.6. The summed E-state index contributed by atoms with van der Waals surface area (Å²) in [7, 11) is 1.61. The highest BCUT2D eigenvalue weighted by Gasteiger charge is 2.25. The molecule has 2 aliphatic rings. The molecule has 7 nitrogen and oxygen atoms in total. The molecule has 1 aliphatic heterocycles. The van der Waals surface area contributed by atoms with Gasteiger partial charge in [-0.15, -0.1) is 11.3 Å². The number of fused-ring (bicyclic) bond motifs is 3. The number of aryl methyl sites for hydroxylation is 2. The standard InChI is InChI=1S/C21H21N3O4S2/c1-27-14-5-2-4-13(12-14)24-19(25)17-15-6-3-7-16(15)30-18(17)22-20(24)29-11-9-23-8-10-28-21(23)26/h2,4-5,12H,3,6-11H2,1H3. The number of rotatable bonds is 6. The summed E-state index contributed by atoms with van der Waals surface area (Å²) in [6, 6.07) is 7.47. The third-order valence-corrected chi connectivity index (χ3v) is 7.56. The third-order valence-electron chi connectivity index (χ3n) is 5.46. The molecule has 0 saturated carbocycles. The molecule has 1 aliphatic carbocycles. The van der Waals surface area contributed by atoms with Gasteiger partial charge in [0, 0.05) is 23.2 Å². The largest absolute Gasteiger partial charge is 0.497 e. The van der Waals surface area contributed by atoms with Crippen LogP contribution in [-0.2, 0) is 17.6 Å². The predicted molar refractivity (Wildman–Crippen MR) is 117 cm³/mol. The number of benzene rings is 1. The second kappa shape index (κ2) is 7.96. The molecule has 2 aromatic heterocycles. The van der Waals surface area contributed by atoms with Gasteiger partial charge in [-0.1, -0.05) is 17.8 Å². The first-order chi connectivity index (χ1) is 14.7. The maximum atomic E-state index is 13.6. The molecule has 0 N–H and O–H groups in total. The normalized spacial score (nSPS) is 15.6. The first-order valence-electron chi connectivity index (χ1n) is 9.92. The Labute approximate surface area is 181 Å². The van der Waals surface area contributed by atoms with Gasteiger partial charge in [0.2, 0.25) is 0 Å². The number of aromatic nitrogens is 2. The highest BCUT2D eigenvalue weighted by Crippen LogP contribution is 2.36. The molecule has 30 heavy (non-hydrogen) atoms. The van der Waals surface area contributed by atoms with E-state index in [4.69, 9.17) is 14.5 Å². The van der Waals surface area contributed by atoms with Crippen LogP contribution in [0.15, 0.2) is 34.2 Å². The van der Waals surface area contributed by atoms with E-state index in [1.165, 1.54) is 22.2 Å². The van der Waals surface area contributed by atoms with E-state index >= 15 is 0 Å². The van der Waals surface area contributed by atoms with Crippen LogP contribution in [-0.4, -0.2) is 53.1 Å². The summed E-state index contributed by atoms with van der Waals surface area (Å²) in [5, 5.41) is 1.39. The van der Waals surface area contributed by atoms with Gasteiger partial charge in [0.05, 0.1) is 24.7 Å². The van der Waals surface area contributed by atoms with E-state index in [2.05, 4.69) is 0 Å². The Morgan fingerprint density at radius 2 is 2.20 bits per heavy atom. The highest BCUT2D eigenvalue weighted by atomic mass is 32.2. The first-order valence-corrected chi connectivity index (χ1v) is 11.7. The van der Waals surface area contributed by atoms with Crippen LogP contribution in [0, 0.1) is 0 Å². The minimum atomic E-state index is -0.279. The lowest BCUT2D eigenvalue weighted by atomic mass is 10.2. The summed E-state index contributed by atoms with van der Waals surface area (Å²) in [5.74, 6) is 1.31. The van der Waals surface area contributed by atoms with E-state index in [1.54, 1.807) is 27.9 Å². The van der Waals surface area contributed by atoms with Crippen LogP contribution in [0.3, 0.4) is 0 Å². The summed E-state index contributed by atoms with van der Waals surface area (Å²) >= 11 is 3.12. The molecule has 5 rings (SSSR count). The number of carbonyl (C=O) groups is 1. The minimum Gasteiger partial charge on any atom is -0.497 e. The van der Waals surface area contributed by atoms with Gasteiger partial charge >= 0.3 is 6.09 Å². The van der Waals surface area contributed by atoms with Crippen molar-refractivity contribution >= 4 is 39.4 Å². The van der Waals surface area contributed by atoms with Crippen molar-refractivity contribution in [3.63, 3.8) is 0 Å². The second-order valence-corrected chi connectivity index (χ2v) is 9.37. The number of thiophene rings is 1. The smallest absolute Gasteiger partial charge is 0.409 e. The number of hydrogen-bond donors (Lipinski definition) is 0. The Bertz CT molecular complexity index is 1190. The summed E-state index contributed by atoms with van der Waals surface area (Å²) in [5.41, 5.74) is 1.87. The summed E-state index contributed by atoms with van der Waals surface area (Å²) in [4.78, 5) is 34.0. The van der Waals surface area contributed by atoms with E-state index in [-0.39, 0.29) is 11.7 Å². The van der Waals surface area contributed by atoms with Crippen molar-refractivity contribution in [3.05, 3.63) is 45.1 Å². The molecular weight excluding hydrogens is 422 g/mol. The van der Waals surface area contributed by atoms with Gasteiger partial charge in [0.15, 0.2) is 5.16 Å². The minimum absolute atomic E-state index is 0.0317. The lowest BCUT2D eigenvalue weighted by molar-refractivity contribution is 0.160. The van der Waals surface area contributed by atoms with Gasteiger partial charge in [-0.05, 0) is 37.0 Å². The summed E-state index contributed by atoms with van der Waals surface area (Å²) < 4.78 is 12.0. The van der Waals surface area contributed by atoms with Crippen molar-refractivity contribution in [3.8, 4) is 11.4 Å². The van der Waals surface area contributed by atoms with Crippen molar-refractivity contribution in [2.75, 3.05) is 32.6 Å². The van der Waals surface area contributed by atoms with Gasteiger partial charge in [0.25, 0.3) is 5.56 Å². The number of amides is 1.